The Balaban J connectivity index is 2.21. The van der Waals surface area contributed by atoms with E-state index in [2.05, 4.69) is 40.1 Å². The molecule has 0 saturated carbocycles. The molecule has 1 aromatic heterocycles. The highest BCUT2D eigenvalue weighted by Gasteiger charge is 2.23. The summed E-state index contributed by atoms with van der Waals surface area (Å²) in [5.41, 5.74) is 2.20. The van der Waals surface area contributed by atoms with Gasteiger partial charge < -0.3 is 10.2 Å². The van der Waals surface area contributed by atoms with E-state index in [1.807, 2.05) is 14.0 Å². The van der Waals surface area contributed by atoms with Crippen molar-refractivity contribution in [2.45, 2.75) is 39.2 Å². The lowest BCUT2D eigenvalue weighted by molar-refractivity contribution is 0.616. The van der Waals surface area contributed by atoms with Gasteiger partial charge in [-0.25, -0.2) is 9.97 Å². The van der Waals surface area contributed by atoms with Crippen molar-refractivity contribution in [3.63, 3.8) is 0 Å². The number of aromatic nitrogens is 2. The molecule has 2 rings (SSSR count). The third-order valence-electron chi connectivity index (χ3n) is 3.33. The van der Waals surface area contributed by atoms with Gasteiger partial charge in [0.05, 0.1) is 0 Å². The van der Waals surface area contributed by atoms with Crippen molar-refractivity contribution >= 4 is 5.95 Å². The first-order chi connectivity index (χ1) is 8.10. The average Bonchev–Trinajstić information content (AvgIpc) is 2.76. The Kier molecular flexibility index (Phi) is 3.62. The van der Waals surface area contributed by atoms with Crippen molar-refractivity contribution < 1.29 is 0 Å². The van der Waals surface area contributed by atoms with Crippen LogP contribution in [0.4, 0.5) is 5.95 Å². The highest BCUT2D eigenvalue weighted by Crippen LogP contribution is 2.20. The quantitative estimate of drug-likeness (QED) is 0.864. The fourth-order valence-electron chi connectivity index (χ4n) is 2.19. The number of nitrogens with one attached hydrogen (secondary N) is 1. The summed E-state index contributed by atoms with van der Waals surface area (Å²) < 4.78 is 0. The number of rotatable bonds is 3. The molecule has 1 N–H and O–H groups in total. The Labute approximate surface area is 103 Å². The number of hydrogen-bond acceptors (Lipinski definition) is 4. The molecule has 94 valence electrons. The molecule has 0 radical (unpaired) electrons. The lowest BCUT2D eigenvalue weighted by Gasteiger charge is -2.18. The second-order valence-corrected chi connectivity index (χ2v) is 5.11. The maximum atomic E-state index is 4.67. The molecule has 0 aromatic carbocycles. The van der Waals surface area contributed by atoms with Gasteiger partial charge in [0.1, 0.15) is 0 Å². The molecule has 1 saturated heterocycles. The fourth-order valence-corrected chi connectivity index (χ4v) is 2.19. The van der Waals surface area contributed by atoms with Gasteiger partial charge in [-0.2, -0.15) is 0 Å². The first-order valence-corrected chi connectivity index (χ1v) is 6.38. The zero-order chi connectivity index (χ0) is 12.4. The van der Waals surface area contributed by atoms with E-state index in [-0.39, 0.29) is 0 Å². The number of anilines is 1. The van der Waals surface area contributed by atoms with Crippen molar-refractivity contribution in [1.29, 1.82) is 0 Å². The highest BCUT2D eigenvalue weighted by atomic mass is 15.3. The van der Waals surface area contributed by atoms with Crippen molar-refractivity contribution in [3.05, 3.63) is 17.5 Å². The maximum absolute atomic E-state index is 4.67. The van der Waals surface area contributed by atoms with E-state index >= 15 is 0 Å². The summed E-state index contributed by atoms with van der Waals surface area (Å²) in [5.74, 6) is 1.35. The molecule has 2 heterocycles. The lowest BCUT2D eigenvalue weighted by Crippen LogP contribution is -2.30. The second-order valence-electron chi connectivity index (χ2n) is 5.11. The zero-order valence-corrected chi connectivity index (χ0v) is 11.2. The zero-order valence-electron chi connectivity index (χ0n) is 11.2. The SMILES string of the molecule is CNC1CCN(c2nc(C)cc(C(C)C)n2)C1. The summed E-state index contributed by atoms with van der Waals surface area (Å²) in [4.78, 5) is 11.5. The molecular formula is C13H22N4. The molecule has 1 aromatic rings. The van der Waals surface area contributed by atoms with Crippen LogP contribution in [0.3, 0.4) is 0 Å². The Hall–Kier alpha value is -1.16. The van der Waals surface area contributed by atoms with Crippen molar-refractivity contribution in [2.24, 2.45) is 0 Å². The second kappa shape index (κ2) is 5.00. The summed E-state index contributed by atoms with van der Waals surface area (Å²) >= 11 is 0. The van der Waals surface area contributed by atoms with E-state index in [9.17, 15) is 0 Å². The van der Waals surface area contributed by atoms with E-state index in [4.69, 9.17) is 0 Å². The van der Waals surface area contributed by atoms with Crippen LogP contribution in [0.1, 0.15) is 37.6 Å². The first kappa shape index (κ1) is 12.3. The molecule has 1 unspecified atom stereocenters. The molecule has 17 heavy (non-hydrogen) atoms. The Bertz CT molecular complexity index is 389. The minimum Gasteiger partial charge on any atom is -0.339 e. The topological polar surface area (TPSA) is 41.0 Å². The summed E-state index contributed by atoms with van der Waals surface area (Å²) in [6, 6.07) is 2.65. The normalized spacial score (nSPS) is 20.3. The first-order valence-electron chi connectivity index (χ1n) is 6.38. The van der Waals surface area contributed by atoms with Gasteiger partial charge in [0.25, 0.3) is 0 Å². The van der Waals surface area contributed by atoms with E-state index in [1.54, 1.807) is 0 Å². The highest BCUT2D eigenvalue weighted by molar-refractivity contribution is 5.35. The predicted molar refractivity (Wildman–Crippen MR) is 70.5 cm³/mol. The van der Waals surface area contributed by atoms with Gasteiger partial charge in [-0.05, 0) is 32.4 Å². The molecular weight excluding hydrogens is 212 g/mol. The smallest absolute Gasteiger partial charge is 0.225 e. The minimum atomic E-state index is 0.457. The summed E-state index contributed by atoms with van der Waals surface area (Å²) in [5, 5.41) is 3.32. The van der Waals surface area contributed by atoms with E-state index in [1.165, 1.54) is 6.42 Å². The molecule has 1 aliphatic rings. The molecule has 4 nitrogen and oxygen atoms in total. The van der Waals surface area contributed by atoms with Crippen molar-refractivity contribution in [3.8, 4) is 0 Å². The Morgan fingerprint density at radius 3 is 2.76 bits per heavy atom. The number of nitrogens with zero attached hydrogens (tertiary/aromatic N) is 3. The third kappa shape index (κ3) is 2.75. The van der Waals surface area contributed by atoms with Crippen LogP contribution in [0.15, 0.2) is 6.07 Å². The van der Waals surface area contributed by atoms with Crippen LogP contribution in [0.25, 0.3) is 0 Å². The molecule has 0 amide bonds. The molecule has 0 bridgehead atoms. The molecule has 1 fully saturated rings. The van der Waals surface area contributed by atoms with Crippen LogP contribution in [-0.4, -0.2) is 36.1 Å². The largest absolute Gasteiger partial charge is 0.339 e. The Morgan fingerprint density at radius 1 is 1.41 bits per heavy atom. The summed E-state index contributed by atoms with van der Waals surface area (Å²) in [6.07, 6.45) is 1.17. The molecule has 1 aliphatic heterocycles. The minimum absolute atomic E-state index is 0.457. The van der Waals surface area contributed by atoms with Gasteiger partial charge in [0.2, 0.25) is 5.95 Å². The predicted octanol–water partition coefficient (Wildman–Crippen LogP) is 1.71. The van der Waals surface area contributed by atoms with Crippen LogP contribution >= 0.6 is 0 Å². The van der Waals surface area contributed by atoms with Crippen LogP contribution in [0, 0.1) is 6.92 Å². The third-order valence-corrected chi connectivity index (χ3v) is 3.33. The van der Waals surface area contributed by atoms with Crippen molar-refractivity contribution in [1.82, 2.24) is 15.3 Å². The van der Waals surface area contributed by atoms with E-state index < -0.39 is 0 Å². The van der Waals surface area contributed by atoms with Crippen LogP contribution in [0.5, 0.6) is 0 Å². The van der Waals surface area contributed by atoms with Crippen LogP contribution in [-0.2, 0) is 0 Å². The standard InChI is InChI=1S/C13H22N4/c1-9(2)12-7-10(3)15-13(16-12)17-6-5-11(8-17)14-4/h7,9,11,14H,5-6,8H2,1-4H3. The van der Waals surface area contributed by atoms with Gasteiger partial charge in [-0.3, -0.25) is 0 Å². The van der Waals surface area contributed by atoms with Gasteiger partial charge in [-0.15, -0.1) is 0 Å². The summed E-state index contributed by atoms with van der Waals surface area (Å²) in [6.45, 7) is 8.45. The molecule has 1 atom stereocenters. The lowest BCUT2D eigenvalue weighted by atomic mass is 10.1. The summed E-state index contributed by atoms with van der Waals surface area (Å²) in [7, 11) is 2.02. The molecule has 0 spiro atoms. The average molecular weight is 234 g/mol. The van der Waals surface area contributed by atoms with Gasteiger partial charge in [-0.1, -0.05) is 13.8 Å². The van der Waals surface area contributed by atoms with Gasteiger partial charge in [0, 0.05) is 30.5 Å². The molecule has 4 heteroatoms. The molecule has 0 aliphatic carbocycles. The van der Waals surface area contributed by atoms with Crippen LogP contribution < -0.4 is 10.2 Å². The van der Waals surface area contributed by atoms with E-state index in [0.29, 0.717) is 12.0 Å². The monoisotopic (exact) mass is 234 g/mol. The number of aryl methyl sites for hydroxylation is 1. The number of likely N-dealkylation sites (N-methyl/N-ethyl adjacent to an activating group) is 1. The number of hydrogen-bond donors (Lipinski definition) is 1. The van der Waals surface area contributed by atoms with Crippen LogP contribution in [0.2, 0.25) is 0 Å². The van der Waals surface area contributed by atoms with Gasteiger partial charge in [0.15, 0.2) is 0 Å². The fraction of sp³-hybridized carbons (Fsp3) is 0.692. The maximum Gasteiger partial charge on any atom is 0.225 e. The van der Waals surface area contributed by atoms with E-state index in [0.717, 1.165) is 30.4 Å². The van der Waals surface area contributed by atoms with Crippen molar-refractivity contribution in [2.75, 3.05) is 25.0 Å². The Morgan fingerprint density at radius 2 is 2.18 bits per heavy atom. The van der Waals surface area contributed by atoms with Gasteiger partial charge >= 0.3 is 0 Å².